The van der Waals surface area contributed by atoms with Crippen molar-refractivity contribution in [1.82, 2.24) is 15.3 Å². The molecule has 3 rings (SSSR count). The number of pyridine rings is 2. The summed E-state index contributed by atoms with van der Waals surface area (Å²) in [5.41, 5.74) is 2.25. The molecule has 3 aromatic rings. The number of rotatable bonds is 4. The molecular formula is C16H16N4O2. The molecule has 0 aliphatic heterocycles. The van der Waals surface area contributed by atoms with Crippen LogP contribution in [0.1, 0.15) is 0 Å². The predicted molar refractivity (Wildman–Crippen MR) is 85.9 cm³/mol. The van der Waals surface area contributed by atoms with Crippen LogP contribution in [-0.2, 0) is 4.74 Å². The summed E-state index contributed by atoms with van der Waals surface area (Å²) in [4.78, 5) is 20.7. The minimum Gasteiger partial charge on any atom is -0.383 e. The molecule has 2 amide bonds. The van der Waals surface area contributed by atoms with Gasteiger partial charge in [0.25, 0.3) is 0 Å². The number of anilines is 1. The zero-order valence-electron chi connectivity index (χ0n) is 12.2. The average molecular weight is 296 g/mol. The number of urea groups is 1. The Hall–Kier alpha value is -2.73. The van der Waals surface area contributed by atoms with Crippen LogP contribution in [-0.4, -0.2) is 36.3 Å². The van der Waals surface area contributed by atoms with E-state index in [2.05, 4.69) is 20.6 Å². The van der Waals surface area contributed by atoms with E-state index in [0.29, 0.717) is 18.8 Å². The minimum absolute atomic E-state index is 0.285. The van der Waals surface area contributed by atoms with Gasteiger partial charge in [0.05, 0.1) is 23.3 Å². The Morgan fingerprint density at radius 3 is 2.77 bits per heavy atom. The summed E-state index contributed by atoms with van der Waals surface area (Å²) in [6.45, 7) is 0.914. The third-order valence-electron chi connectivity index (χ3n) is 3.30. The molecule has 0 fully saturated rings. The van der Waals surface area contributed by atoms with Crippen molar-refractivity contribution in [3.63, 3.8) is 0 Å². The molecule has 6 nitrogen and oxygen atoms in total. The number of nitrogens with zero attached hydrogens (tertiary/aromatic N) is 2. The van der Waals surface area contributed by atoms with Crippen LogP contribution in [0.15, 0.2) is 42.7 Å². The Morgan fingerprint density at radius 1 is 1.18 bits per heavy atom. The average Bonchev–Trinajstić information content (AvgIpc) is 2.55. The first-order valence-corrected chi connectivity index (χ1v) is 6.96. The number of nitrogens with one attached hydrogen (secondary N) is 2. The highest BCUT2D eigenvalue weighted by Crippen LogP contribution is 2.28. The maximum absolute atomic E-state index is 11.9. The van der Waals surface area contributed by atoms with Crippen LogP contribution >= 0.6 is 0 Å². The van der Waals surface area contributed by atoms with Crippen molar-refractivity contribution in [1.29, 1.82) is 0 Å². The van der Waals surface area contributed by atoms with E-state index >= 15 is 0 Å². The van der Waals surface area contributed by atoms with Crippen LogP contribution in [0.25, 0.3) is 21.8 Å². The minimum atomic E-state index is -0.285. The van der Waals surface area contributed by atoms with E-state index in [1.165, 1.54) is 0 Å². The molecule has 6 heteroatoms. The van der Waals surface area contributed by atoms with Crippen molar-refractivity contribution in [2.45, 2.75) is 0 Å². The van der Waals surface area contributed by atoms with Gasteiger partial charge >= 0.3 is 6.03 Å². The maximum atomic E-state index is 11.9. The van der Waals surface area contributed by atoms with Crippen molar-refractivity contribution in [2.75, 3.05) is 25.6 Å². The van der Waals surface area contributed by atoms with Gasteiger partial charge in [-0.25, -0.2) is 4.79 Å². The van der Waals surface area contributed by atoms with Gasteiger partial charge in [-0.1, -0.05) is 6.07 Å². The molecule has 0 spiro atoms. The third kappa shape index (κ3) is 2.82. The number of ether oxygens (including phenoxy) is 1. The number of carbonyl (C=O) groups excluding carboxylic acids is 1. The first-order valence-electron chi connectivity index (χ1n) is 6.96. The summed E-state index contributed by atoms with van der Waals surface area (Å²) in [6.07, 6.45) is 3.45. The van der Waals surface area contributed by atoms with Crippen LogP contribution in [0.4, 0.5) is 10.5 Å². The molecule has 0 radical (unpaired) electrons. The molecule has 2 heterocycles. The van der Waals surface area contributed by atoms with E-state index in [1.807, 2.05) is 30.3 Å². The molecule has 22 heavy (non-hydrogen) atoms. The maximum Gasteiger partial charge on any atom is 0.319 e. The van der Waals surface area contributed by atoms with Gasteiger partial charge < -0.3 is 15.4 Å². The largest absolute Gasteiger partial charge is 0.383 e. The Kier molecular flexibility index (Phi) is 4.11. The zero-order chi connectivity index (χ0) is 15.4. The normalized spacial score (nSPS) is 10.8. The summed E-state index contributed by atoms with van der Waals surface area (Å²) < 4.78 is 4.91. The van der Waals surface area contributed by atoms with Gasteiger partial charge in [0.15, 0.2) is 0 Å². The molecule has 0 saturated carbocycles. The number of carbonyl (C=O) groups is 1. The summed E-state index contributed by atoms with van der Waals surface area (Å²) in [7, 11) is 1.59. The summed E-state index contributed by atoms with van der Waals surface area (Å²) in [6, 6.07) is 9.24. The molecule has 0 bridgehead atoms. The quantitative estimate of drug-likeness (QED) is 0.573. The number of hydrogen-bond acceptors (Lipinski definition) is 4. The molecule has 2 aromatic heterocycles. The second-order valence-electron chi connectivity index (χ2n) is 4.77. The summed E-state index contributed by atoms with van der Waals surface area (Å²) in [5, 5.41) is 7.43. The highest BCUT2D eigenvalue weighted by Gasteiger charge is 2.10. The molecule has 1 aromatic carbocycles. The molecule has 112 valence electrons. The number of methoxy groups -OCH3 is 1. The topological polar surface area (TPSA) is 76.1 Å². The van der Waals surface area contributed by atoms with Crippen LogP contribution < -0.4 is 10.6 Å². The van der Waals surface area contributed by atoms with Gasteiger partial charge in [-0.05, 0) is 24.3 Å². The number of benzene rings is 1. The van der Waals surface area contributed by atoms with Crippen LogP contribution in [0.5, 0.6) is 0 Å². The molecule has 0 saturated heterocycles. The molecule has 0 aliphatic carbocycles. The van der Waals surface area contributed by atoms with Crippen LogP contribution in [0.3, 0.4) is 0 Å². The third-order valence-corrected chi connectivity index (χ3v) is 3.30. The second-order valence-corrected chi connectivity index (χ2v) is 4.77. The van der Waals surface area contributed by atoms with Crippen LogP contribution in [0, 0.1) is 0 Å². The van der Waals surface area contributed by atoms with Crippen molar-refractivity contribution in [2.24, 2.45) is 0 Å². The second kappa shape index (κ2) is 6.36. The Bertz CT molecular complexity index is 819. The summed E-state index contributed by atoms with van der Waals surface area (Å²) >= 11 is 0. The predicted octanol–water partition coefficient (Wildman–Crippen LogP) is 2.55. The standard InChI is InChI=1S/C16H16N4O2/c1-22-9-8-19-16(21)20-13-10-11-4-2-6-17-14(11)12-5-3-7-18-15(12)13/h2-7,10H,8-9H2,1H3,(H2,19,20,21). The highest BCUT2D eigenvalue weighted by molar-refractivity contribution is 6.11. The van der Waals surface area contributed by atoms with E-state index in [4.69, 9.17) is 4.74 Å². The van der Waals surface area contributed by atoms with E-state index < -0.39 is 0 Å². The highest BCUT2D eigenvalue weighted by atomic mass is 16.5. The van der Waals surface area contributed by atoms with Gasteiger partial charge in [0.1, 0.15) is 0 Å². The Morgan fingerprint density at radius 2 is 1.95 bits per heavy atom. The molecular weight excluding hydrogens is 280 g/mol. The molecule has 2 N–H and O–H groups in total. The van der Waals surface area contributed by atoms with E-state index in [1.54, 1.807) is 19.5 Å². The lowest BCUT2D eigenvalue weighted by molar-refractivity contribution is 0.198. The van der Waals surface area contributed by atoms with E-state index in [9.17, 15) is 4.79 Å². The van der Waals surface area contributed by atoms with Gasteiger partial charge in [-0.2, -0.15) is 0 Å². The first-order chi connectivity index (χ1) is 10.8. The van der Waals surface area contributed by atoms with E-state index in [-0.39, 0.29) is 6.03 Å². The lowest BCUT2D eigenvalue weighted by Gasteiger charge is -2.11. The van der Waals surface area contributed by atoms with Crippen molar-refractivity contribution in [3.05, 3.63) is 42.7 Å². The molecule has 0 aliphatic rings. The lowest BCUT2D eigenvalue weighted by Crippen LogP contribution is -2.31. The van der Waals surface area contributed by atoms with Gasteiger partial charge in [0.2, 0.25) is 0 Å². The van der Waals surface area contributed by atoms with Crippen molar-refractivity contribution >= 4 is 33.5 Å². The Balaban J connectivity index is 1.99. The number of hydrogen-bond donors (Lipinski definition) is 2. The summed E-state index contributed by atoms with van der Waals surface area (Å²) in [5.74, 6) is 0. The van der Waals surface area contributed by atoms with E-state index in [0.717, 1.165) is 21.8 Å². The monoisotopic (exact) mass is 296 g/mol. The fourth-order valence-electron chi connectivity index (χ4n) is 2.32. The number of fused-ring (bicyclic) bond motifs is 3. The van der Waals surface area contributed by atoms with Crippen molar-refractivity contribution in [3.8, 4) is 0 Å². The van der Waals surface area contributed by atoms with Gasteiger partial charge in [-0.3, -0.25) is 9.97 Å². The number of aromatic nitrogens is 2. The fourth-order valence-corrected chi connectivity index (χ4v) is 2.32. The lowest BCUT2D eigenvalue weighted by atomic mass is 10.1. The smallest absolute Gasteiger partial charge is 0.319 e. The Labute approximate surface area is 127 Å². The fraction of sp³-hybridized carbons (Fsp3) is 0.188. The number of amides is 2. The van der Waals surface area contributed by atoms with Crippen molar-refractivity contribution < 1.29 is 9.53 Å². The molecule has 0 unspecified atom stereocenters. The first kappa shape index (κ1) is 14.2. The van der Waals surface area contributed by atoms with Crippen LogP contribution in [0.2, 0.25) is 0 Å². The SMILES string of the molecule is COCCNC(=O)Nc1cc2cccnc2c2cccnc12. The molecule has 0 atom stereocenters. The zero-order valence-corrected chi connectivity index (χ0v) is 12.2. The van der Waals surface area contributed by atoms with Gasteiger partial charge in [-0.15, -0.1) is 0 Å². The van der Waals surface area contributed by atoms with Gasteiger partial charge in [0, 0.05) is 36.8 Å².